The first-order valence-corrected chi connectivity index (χ1v) is 7.29. The van der Waals surface area contributed by atoms with E-state index in [1.165, 1.54) is 17.8 Å². The van der Waals surface area contributed by atoms with E-state index < -0.39 is 0 Å². The lowest BCUT2D eigenvalue weighted by Gasteiger charge is -2.23. The number of nitrogens with one attached hydrogen (secondary N) is 1. The van der Waals surface area contributed by atoms with Gasteiger partial charge in [0.1, 0.15) is 0 Å². The molecule has 0 fully saturated rings. The van der Waals surface area contributed by atoms with Gasteiger partial charge in [0.05, 0.1) is 10.6 Å². The van der Waals surface area contributed by atoms with Gasteiger partial charge in [-0.25, -0.2) is 0 Å². The summed E-state index contributed by atoms with van der Waals surface area (Å²) in [6.45, 7) is 1.33. The first-order chi connectivity index (χ1) is 9.74. The van der Waals surface area contributed by atoms with Crippen LogP contribution in [0.2, 0.25) is 0 Å². The maximum atomic E-state index is 12.1. The molecular weight excluding hydrogens is 272 g/mol. The van der Waals surface area contributed by atoms with Crippen molar-refractivity contribution in [3.63, 3.8) is 0 Å². The van der Waals surface area contributed by atoms with Gasteiger partial charge in [0.25, 0.3) is 5.91 Å². The van der Waals surface area contributed by atoms with Crippen molar-refractivity contribution in [1.29, 1.82) is 0 Å². The van der Waals surface area contributed by atoms with Crippen LogP contribution in [0.5, 0.6) is 0 Å². The highest BCUT2D eigenvalue weighted by atomic mass is 32.2. The Balaban J connectivity index is 1.80. The average molecular weight is 286 g/mol. The Morgan fingerprint density at radius 2 is 2.15 bits per heavy atom. The fraction of sp³-hybridized carbons (Fsp3) is 0.200. The quantitative estimate of drug-likeness (QED) is 0.637. The third-order valence-corrected chi connectivity index (χ3v) is 4.30. The summed E-state index contributed by atoms with van der Waals surface area (Å²) in [6.07, 6.45) is 6.35. The molecule has 0 aliphatic carbocycles. The molecule has 102 valence electrons. The van der Waals surface area contributed by atoms with Crippen LogP contribution in [0.1, 0.15) is 6.42 Å². The molecule has 3 rings (SSSR count). The number of thioether (sulfide) groups is 1. The van der Waals surface area contributed by atoms with Gasteiger partial charge in [-0.15, -0.1) is 0 Å². The fourth-order valence-electron chi connectivity index (χ4n) is 2.15. The molecule has 1 N–H and O–H groups in total. The zero-order valence-corrected chi connectivity index (χ0v) is 11.7. The Labute approximate surface area is 121 Å². The maximum absolute atomic E-state index is 12.1. The molecule has 0 aromatic heterocycles. The third-order valence-electron chi connectivity index (χ3n) is 3.20. The zero-order valence-electron chi connectivity index (χ0n) is 10.8. The van der Waals surface area contributed by atoms with Gasteiger partial charge in [0, 0.05) is 24.1 Å². The molecule has 1 aromatic rings. The number of nitrogens with zero attached hydrogens (tertiary/aromatic N) is 1. The number of benzene rings is 1. The number of fused-ring (bicyclic) bond motifs is 1. The van der Waals surface area contributed by atoms with Crippen LogP contribution in [0.4, 0.5) is 5.69 Å². The zero-order chi connectivity index (χ0) is 13.9. The van der Waals surface area contributed by atoms with Gasteiger partial charge in [0.15, 0.2) is 0 Å². The number of carbonyl (C=O) groups is 2. The molecule has 2 aliphatic heterocycles. The van der Waals surface area contributed by atoms with Crippen LogP contribution < -0.4 is 5.32 Å². The topological polar surface area (TPSA) is 49.4 Å². The minimum absolute atomic E-state index is 0.105. The molecule has 20 heavy (non-hydrogen) atoms. The van der Waals surface area contributed by atoms with Crippen molar-refractivity contribution in [3.05, 3.63) is 47.4 Å². The average Bonchev–Trinajstić information content (AvgIpc) is 2.49. The Hall–Kier alpha value is -2.01. The van der Waals surface area contributed by atoms with E-state index in [4.69, 9.17) is 0 Å². The maximum Gasteiger partial charge on any atom is 0.262 e. The molecule has 4 nitrogen and oxygen atoms in total. The molecule has 0 atom stereocenters. The molecule has 0 bridgehead atoms. The second-order valence-corrected chi connectivity index (χ2v) is 5.69. The number of anilines is 1. The number of hydrogen-bond donors (Lipinski definition) is 1. The monoisotopic (exact) mass is 286 g/mol. The molecule has 2 amide bonds. The lowest BCUT2D eigenvalue weighted by atomic mass is 10.2. The lowest BCUT2D eigenvalue weighted by Crippen LogP contribution is -2.33. The SMILES string of the molecule is O=C1Nc2ccccc2S/C1=C/C(=O)N1CC=CCC1. The summed E-state index contributed by atoms with van der Waals surface area (Å²) in [7, 11) is 0. The highest BCUT2D eigenvalue weighted by molar-refractivity contribution is 8.04. The van der Waals surface area contributed by atoms with E-state index in [1.54, 1.807) is 4.90 Å². The predicted molar refractivity (Wildman–Crippen MR) is 79.3 cm³/mol. The number of para-hydroxylation sites is 1. The molecule has 2 aliphatic rings. The molecule has 2 heterocycles. The van der Waals surface area contributed by atoms with Gasteiger partial charge in [-0.1, -0.05) is 36.0 Å². The van der Waals surface area contributed by atoms with Crippen LogP contribution in [-0.2, 0) is 9.59 Å². The van der Waals surface area contributed by atoms with E-state index in [9.17, 15) is 9.59 Å². The summed E-state index contributed by atoms with van der Waals surface area (Å²) in [6, 6.07) is 7.58. The second-order valence-electron chi connectivity index (χ2n) is 4.61. The first kappa shape index (κ1) is 13.0. The summed E-state index contributed by atoms with van der Waals surface area (Å²) in [5, 5.41) is 2.81. The van der Waals surface area contributed by atoms with Crippen molar-refractivity contribution in [3.8, 4) is 0 Å². The van der Waals surface area contributed by atoms with Crippen molar-refractivity contribution in [1.82, 2.24) is 4.90 Å². The fourth-order valence-corrected chi connectivity index (χ4v) is 3.06. The van der Waals surface area contributed by atoms with Crippen molar-refractivity contribution >= 4 is 29.3 Å². The summed E-state index contributed by atoms with van der Waals surface area (Å²) in [5.74, 6) is -0.319. The van der Waals surface area contributed by atoms with Gasteiger partial charge in [0.2, 0.25) is 5.91 Å². The van der Waals surface area contributed by atoms with Gasteiger partial charge < -0.3 is 10.2 Å². The third kappa shape index (κ3) is 2.63. The Kier molecular flexibility index (Phi) is 3.60. The van der Waals surface area contributed by atoms with Crippen molar-refractivity contribution < 1.29 is 9.59 Å². The van der Waals surface area contributed by atoms with E-state index in [2.05, 4.69) is 11.4 Å². The van der Waals surface area contributed by atoms with Crippen LogP contribution in [0.15, 0.2) is 52.3 Å². The van der Waals surface area contributed by atoms with Gasteiger partial charge >= 0.3 is 0 Å². The van der Waals surface area contributed by atoms with Crippen molar-refractivity contribution in [2.45, 2.75) is 11.3 Å². The highest BCUT2D eigenvalue weighted by Gasteiger charge is 2.22. The highest BCUT2D eigenvalue weighted by Crippen LogP contribution is 2.37. The second kappa shape index (κ2) is 5.54. The number of carbonyl (C=O) groups excluding carboxylic acids is 2. The largest absolute Gasteiger partial charge is 0.335 e. The molecular formula is C15H14N2O2S. The van der Waals surface area contributed by atoms with E-state index >= 15 is 0 Å². The van der Waals surface area contributed by atoms with E-state index in [0.717, 1.165) is 17.0 Å². The predicted octanol–water partition coefficient (Wildman–Crippen LogP) is 2.40. The summed E-state index contributed by atoms with van der Waals surface area (Å²) < 4.78 is 0. The number of rotatable bonds is 1. The first-order valence-electron chi connectivity index (χ1n) is 6.48. The smallest absolute Gasteiger partial charge is 0.262 e. The van der Waals surface area contributed by atoms with Gasteiger partial charge in [-0.3, -0.25) is 9.59 Å². The normalized spacial score (nSPS) is 19.7. The van der Waals surface area contributed by atoms with Crippen LogP contribution in [0.3, 0.4) is 0 Å². The lowest BCUT2D eigenvalue weighted by molar-refractivity contribution is -0.126. The minimum Gasteiger partial charge on any atom is -0.335 e. The molecule has 0 spiro atoms. The summed E-state index contributed by atoms with van der Waals surface area (Å²) in [5.41, 5.74) is 0.799. The van der Waals surface area contributed by atoms with Crippen LogP contribution in [0.25, 0.3) is 0 Å². The van der Waals surface area contributed by atoms with Crippen LogP contribution in [-0.4, -0.2) is 29.8 Å². The standard InChI is InChI=1S/C15H14N2O2S/c18-14(17-8-4-1-5-9-17)10-13-15(19)16-11-6-2-3-7-12(11)20-13/h1-4,6-7,10H,5,8-9H2,(H,16,19)/b13-10+. The van der Waals surface area contributed by atoms with Crippen molar-refractivity contribution in [2.75, 3.05) is 18.4 Å². The molecule has 0 unspecified atom stereocenters. The molecule has 5 heteroatoms. The van der Waals surface area contributed by atoms with E-state index in [-0.39, 0.29) is 11.8 Å². The Bertz CT molecular complexity index is 622. The van der Waals surface area contributed by atoms with Crippen molar-refractivity contribution in [2.24, 2.45) is 0 Å². The number of amides is 2. The van der Waals surface area contributed by atoms with E-state index in [1.807, 2.05) is 30.3 Å². The van der Waals surface area contributed by atoms with Crippen LogP contribution >= 0.6 is 11.8 Å². The Morgan fingerprint density at radius 3 is 2.95 bits per heavy atom. The molecule has 0 radical (unpaired) electrons. The van der Waals surface area contributed by atoms with Crippen LogP contribution in [0, 0.1) is 0 Å². The van der Waals surface area contributed by atoms with Gasteiger partial charge in [-0.2, -0.15) is 0 Å². The molecule has 0 saturated carbocycles. The number of hydrogen-bond acceptors (Lipinski definition) is 3. The summed E-state index contributed by atoms with van der Waals surface area (Å²) in [4.78, 5) is 27.3. The summed E-state index contributed by atoms with van der Waals surface area (Å²) >= 11 is 1.34. The van der Waals surface area contributed by atoms with E-state index in [0.29, 0.717) is 18.0 Å². The molecule has 1 aromatic carbocycles. The van der Waals surface area contributed by atoms with Gasteiger partial charge in [-0.05, 0) is 18.6 Å². The molecule has 0 saturated heterocycles. The minimum atomic E-state index is -0.213. The Morgan fingerprint density at radius 1 is 1.30 bits per heavy atom.